The second-order valence-electron chi connectivity index (χ2n) is 9.12. The van der Waals surface area contributed by atoms with Gasteiger partial charge in [-0.05, 0) is 32.8 Å². The SMILES string of the molecule is CC(C)(C)OC(=O)N[C@@H](Cc1ccccc1)C(=O)O.CCCCOC(=O)n1cnc(C[C@H](N)C(=O)O)c1. The van der Waals surface area contributed by atoms with E-state index < -0.39 is 41.8 Å². The van der Waals surface area contributed by atoms with E-state index in [4.69, 9.17) is 25.4 Å². The van der Waals surface area contributed by atoms with Crippen molar-refractivity contribution < 1.29 is 38.9 Å². The fourth-order valence-corrected chi connectivity index (χ4v) is 2.76. The Bertz CT molecular complexity index is 1020. The van der Waals surface area contributed by atoms with Crippen LogP contribution in [0.5, 0.6) is 0 Å². The molecule has 2 aromatic rings. The molecule has 0 saturated heterocycles. The Balaban J connectivity index is 0.000000371. The Morgan fingerprint density at radius 3 is 2.27 bits per heavy atom. The summed E-state index contributed by atoms with van der Waals surface area (Å²) in [6.07, 6.45) is 3.50. The summed E-state index contributed by atoms with van der Waals surface area (Å²) in [5, 5.41) is 20.1. The summed E-state index contributed by atoms with van der Waals surface area (Å²) in [6, 6.07) is 7.09. The summed E-state index contributed by atoms with van der Waals surface area (Å²) in [5.41, 5.74) is 6.00. The first-order valence-electron chi connectivity index (χ1n) is 11.8. The van der Waals surface area contributed by atoms with Crippen LogP contribution in [0.25, 0.3) is 0 Å². The lowest BCUT2D eigenvalue weighted by Gasteiger charge is -2.22. The molecule has 0 spiro atoms. The number of nitrogens with one attached hydrogen (secondary N) is 1. The molecule has 12 nitrogen and oxygen atoms in total. The van der Waals surface area contributed by atoms with Crippen LogP contribution in [0.15, 0.2) is 42.9 Å². The summed E-state index contributed by atoms with van der Waals surface area (Å²) in [4.78, 5) is 48.7. The van der Waals surface area contributed by atoms with E-state index >= 15 is 0 Å². The van der Waals surface area contributed by atoms with Gasteiger partial charge in [-0.2, -0.15) is 0 Å². The zero-order valence-electron chi connectivity index (χ0n) is 21.5. The first-order valence-corrected chi connectivity index (χ1v) is 11.8. The van der Waals surface area contributed by atoms with Crippen LogP contribution in [0.1, 0.15) is 51.8 Å². The minimum absolute atomic E-state index is 0.0740. The number of nitrogens with two attached hydrogens (primary N) is 1. The van der Waals surface area contributed by atoms with Crippen molar-refractivity contribution in [1.82, 2.24) is 14.9 Å². The highest BCUT2D eigenvalue weighted by Crippen LogP contribution is 2.08. The number of carboxylic acids is 2. The van der Waals surface area contributed by atoms with Gasteiger partial charge in [0.2, 0.25) is 0 Å². The minimum atomic E-state index is -1.10. The van der Waals surface area contributed by atoms with Gasteiger partial charge in [0.1, 0.15) is 24.0 Å². The molecule has 12 heteroatoms. The molecular formula is C25H36N4O8. The predicted octanol–water partition coefficient (Wildman–Crippen LogP) is 2.83. The van der Waals surface area contributed by atoms with E-state index in [0.717, 1.165) is 18.4 Å². The zero-order chi connectivity index (χ0) is 28.0. The number of amides is 1. The molecule has 0 saturated carbocycles. The van der Waals surface area contributed by atoms with Crippen LogP contribution in [0, 0.1) is 0 Å². The van der Waals surface area contributed by atoms with Crippen LogP contribution in [0.2, 0.25) is 0 Å². The van der Waals surface area contributed by atoms with E-state index in [0.29, 0.717) is 12.3 Å². The Hall–Kier alpha value is -3.93. The second-order valence-corrected chi connectivity index (χ2v) is 9.12. The Morgan fingerprint density at radius 2 is 1.73 bits per heavy atom. The van der Waals surface area contributed by atoms with Crippen LogP contribution < -0.4 is 11.1 Å². The summed E-state index contributed by atoms with van der Waals surface area (Å²) >= 11 is 0. The highest BCUT2D eigenvalue weighted by Gasteiger charge is 2.24. The maximum atomic E-state index is 11.6. The third kappa shape index (κ3) is 13.1. The number of imidazole rings is 1. The van der Waals surface area contributed by atoms with Crippen LogP contribution in [-0.2, 0) is 31.9 Å². The van der Waals surface area contributed by atoms with Crippen LogP contribution in [0.4, 0.5) is 9.59 Å². The van der Waals surface area contributed by atoms with Crippen molar-refractivity contribution in [3.8, 4) is 0 Å². The first kappa shape index (κ1) is 31.1. The third-order valence-corrected chi connectivity index (χ3v) is 4.59. The molecule has 204 valence electrons. The number of alkyl carbamates (subject to hydrolysis) is 1. The van der Waals surface area contributed by atoms with Gasteiger partial charge in [0.05, 0.1) is 12.3 Å². The topological polar surface area (TPSA) is 183 Å². The largest absolute Gasteiger partial charge is 0.480 e. The standard InChI is InChI=1S/C14H19NO4.C11H17N3O4/c1-14(2,3)19-13(18)15-11(12(16)17)9-10-7-5-4-6-8-10;1-2-3-4-18-11(17)14-6-8(13-7-14)5-9(12)10(15)16/h4-8,11H,9H2,1-3H3,(H,15,18)(H,16,17);6-7,9H,2-5,12H2,1H3,(H,15,16)/t11-;9-/m00/s1. The molecule has 2 rings (SSSR count). The molecule has 2 atom stereocenters. The highest BCUT2D eigenvalue weighted by atomic mass is 16.6. The lowest BCUT2D eigenvalue weighted by molar-refractivity contribution is -0.140. The smallest absolute Gasteiger partial charge is 0.419 e. The highest BCUT2D eigenvalue weighted by molar-refractivity contribution is 5.80. The Morgan fingerprint density at radius 1 is 1.08 bits per heavy atom. The van der Waals surface area contributed by atoms with E-state index in [1.165, 1.54) is 17.1 Å². The van der Waals surface area contributed by atoms with Gasteiger partial charge in [0.25, 0.3) is 0 Å². The molecule has 0 aliphatic carbocycles. The van der Waals surface area contributed by atoms with E-state index in [-0.39, 0.29) is 12.8 Å². The lowest BCUT2D eigenvalue weighted by atomic mass is 10.1. The molecule has 0 bridgehead atoms. The van der Waals surface area contributed by atoms with Crippen molar-refractivity contribution in [2.24, 2.45) is 5.73 Å². The molecule has 0 radical (unpaired) electrons. The van der Waals surface area contributed by atoms with Gasteiger partial charge in [-0.15, -0.1) is 0 Å². The van der Waals surface area contributed by atoms with Gasteiger partial charge in [0.15, 0.2) is 0 Å². The van der Waals surface area contributed by atoms with Crippen molar-refractivity contribution in [3.63, 3.8) is 0 Å². The molecule has 1 amide bonds. The molecule has 1 aromatic heterocycles. The van der Waals surface area contributed by atoms with Crippen molar-refractivity contribution >= 4 is 24.1 Å². The summed E-state index contributed by atoms with van der Waals surface area (Å²) in [5.74, 6) is -2.19. The van der Waals surface area contributed by atoms with Gasteiger partial charge in [-0.25, -0.2) is 23.9 Å². The maximum absolute atomic E-state index is 11.6. The average molecular weight is 521 g/mol. The molecule has 0 fully saturated rings. The van der Waals surface area contributed by atoms with Crippen LogP contribution >= 0.6 is 0 Å². The Kier molecular flexibility index (Phi) is 12.8. The van der Waals surface area contributed by atoms with Crippen molar-refractivity contribution in [1.29, 1.82) is 0 Å². The number of carboxylic acid groups (broad SMARTS) is 2. The van der Waals surface area contributed by atoms with E-state index in [9.17, 15) is 19.2 Å². The fraction of sp³-hybridized carbons (Fsp3) is 0.480. The average Bonchev–Trinajstić information content (AvgIpc) is 3.27. The molecule has 0 aliphatic rings. The number of rotatable bonds is 10. The number of ether oxygens (including phenoxy) is 2. The third-order valence-electron chi connectivity index (χ3n) is 4.59. The molecule has 5 N–H and O–H groups in total. The number of nitrogens with zero attached hydrogens (tertiary/aromatic N) is 2. The number of benzene rings is 1. The number of aliphatic carboxylic acids is 2. The zero-order valence-corrected chi connectivity index (χ0v) is 21.5. The molecule has 37 heavy (non-hydrogen) atoms. The van der Waals surface area contributed by atoms with Gasteiger partial charge in [0, 0.05) is 19.0 Å². The van der Waals surface area contributed by atoms with Crippen molar-refractivity contribution in [2.45, 2.75) is 71.1 Å². The molecule has 0 unspecified atom stereocenters. The lowest BCUT2D eigenvalue weighted by Crippen LogP contribution is -2.44. The van der Waals surface area contributed by atoms with Crippen molar-refractivity contribution in [3.05, 3.63) is 54.1 Å². The van der Waals surface area contributed by atoms with Gasteiger partial charge >= 0.3 is 24.1 Å². The molecule has 0 aliphatic heterocycles. The summed E-state index contributed by atoms with van der Waals surface area (Å²) < 4.78 is 11.2. The predicted molar refractivity (Wildman–Crippen MR) is 134 cm³/mol. The Labute approximate surface area is 215 Å². The number of aromatic nitrogens is 2. The second kappa shape index (κ2) is 15.2. The van der Waals surface area contributed by atoms with Gasteiger partial charge in [-0.1, -0.05) is 43.7 Å². The maximum Gasteiger partial charge on any atom is 0.419 e. The normalized spacial score (nSPS) is 12.4. The molecule has 1 aromatic carbocycles. The minimum Gasteiger partial charge on any atom is -0.480 e. The summed E-state index contributed by atoms with van der Waals surface area (Å²) in [6.45, 7) is 7.52. The molecule has 1 heterocycles. The monoisotopic (exact) mass is 520 g/mol. The number of carbonyl (C=O) groups is 4. The van der Waals surface area contributed by atoms with Gasteiger partial charge in [-0.3, -0.25) is 4.79 Å². The first-order chi connectivity index (χ1) is 17.3. The van der Waals surface area contributed by atoms with Crippen molar-refractivity contribution in [2.75, 3.05) is 6.61 Å². The van der Waals surface area contributed by atoms with E-state index in [1.807, 2.05) is 37.3 Å². The number of carbonyl (C=O) groups excluding carboxylic acids is 2. The summed E-state index contributed by atoms with van der Waals surface area (Å²) in [7, 11) is 0. The van der Waals surface area contributed by atoms with E-state index in [1.54, 1.807) is 20.8 Å². The quantitative estimate of drug-likeness (QED) is 0.340. The fourth-order valence-electron chi connectivity index (χ4n) is 2.76. The van der Waals surface area contributed by atoms with E-state index in [2.05, 4.69) is 10.3 Å². The van der Waals surface area contributed by atoms with Gasteiger partial charge < -0.3 is 30.7 Å². The molecular weight excluding hydrogens is 484 g/mol. The number of hydrogen-bond donors (Lipinski definition) is 4. The number of unbranched alkanes of at least 4 members (excludes halogenated alkanes) is 1. The number of hydrogen-bond acceptors (Lipinski definition) is 8. The van der Waals surface area contributed by atoms with Crippen LogP contribution in [0.3, 0.4) is 0 Å². The van der Waals surface area contributed by atoms with Crippen LogP contribution in [-0.4, -0.2) is 68.2 Å².